The number of carbonyl (C=O) groups excluding carboxylic acids is 1. The molecular weight excluding hydrogens is 988 g/mol. The number of hydrogen-bond acceptors (Lipinski definition) is 11. The van der Waals surface area contributed by atoms with Crippen LogP contribution in [0.3, 0.4) is 0 Å². The Morgan fingerprint density at radius 3 is 1.64 bits per heavy atom. The summed E-state index contributed by atoms with van der Waals surface area (Å²) in [5.41, 5.74) is -1.61. The lowest BCUT2D eigenvalue weighted by Crippen LogP contribution is -2.48. The van der Waals surface area contributed by atoms with Gasteiger partial charge in [-0.25, -0.2) is 18.8 Å². The molecule has 2 aliphatic rings. The molecule has 2 fully saturated rings. The highest BCUT2D eigenvalue weighted by atomic mass is 19.1. The first-order valence-electron chi connectivity index (χ1n) is 27.5. The van der Waals surface area contributed by atoms with Gasteiger partial charge in [0.1, 0.15) is 23.2 Å². The van der Waals surface area contributed by atoms with Gasteiger partial charge >= 0.3 is 17.4 Å². The van der Waals surface area contributed by atoms with Gasteiger partial charge in [0.25, 0.3) is 11.1 Å². The van der Waals surface area contributed by atoms with Gasteiger partial charge in [-0.3, -0.25) is 28.7 Å². The van der Waals surface area contributed by atoms with Crippen molar-refractivity contribution in [3.05, 3.63) is 168 Å². The van der Waals surface area contributed by atoms with Gasteiger partial charge in [-0.2, -0.15) is 0 Å². The number of nitrogens with one attached hydrogen (secondary N) is 3. The zero-order valence-corrected chi connectivity index (χ0v) is 45.1. The molecule has 0 saturated carbocycles. The molecule has 3 N–H and O–H groups in total. The first-order chi connectivity index (χ1) is 37.5. The smallest absolute Gasteiger partial charge is 0.330 e. The van der Waals surface area contributed by atoms with Crippen molar-refractivity contribution >= 4 is 6.03 Å². The van der Waals surface area contributed by atoms with E-state index in [0.29, 0.717) is 24.5 Å². The first-order valence-corrected chi connectivity index (χ1v) is 27.5. The summed E-state index contributed by atoms with van der Waals surface area (Å²) in [7, 11) is 4.69. The summed E-state index contributed by atoms with van der Waals surface area (Å²) in [5, 5.41) is 3.12. The highest BCUT2D eigenvalue weighted by Crippen LogP contribution is 2.44. The largest absolute Gasteiger partial charge is 0.497 e. The molecule has 77 heavy (non-hydrogen) atoms. The third-order valence-corrected chi connectivity index (χ3v) is 14.8. The molecule has 2 aromatic heterocycles. The van der Waals surface area contributed by atoms with Crippen molar-refractivity contribution in [2.45, 2.75) is 146 Å². The highest BCUT2D eigenvalue weighted by Gasteiger charge is 2.49. The van der Waals surface area contributed by atoms with Gasteiger partial charge in [0.15, 0.2) is 18.6 Å². The van der Waals surface area contributed by atoms with Crippen molar-refractivity contribution in [2.24, 2.45) is 5.92 Å². The van der Waals surface area contributed by atoms with Crippen LogP contribution < -0.4 is 37.3 Å². The van der Waals surface area contributed by atoms with Crippen molar-refractivity contribution in [3.63, 3.8) is 0 Å². The van der Waals surface area contributed by atoms with Gasteiger partial charge < -0.3 is 38.6 Å². The van der Waals surface area contributed by atoms with E-state index in [0.717, 1.165) is 53.0 Å². The number of amides is 2. The van der Waals surface area contributed by atoms with E-state index < -0.39 is 77.0 Å². The van der Waals surface area contributed by atoms with Gasteiger partial charge in [-0.15, -0.1) is 0 Å². The lowest BCUT2D eigenvalue weighted by atomic mass is 9.80. The molecular formula is C59H78FN6O11. The average molecular weight is 1070 g/mol. The van der Waals surface area contributed by atoms with Crippen LogP contribution in [-0.2, 0) is 24.5 Å². The van der Waals surface area contributed by atoms with Gasteiger partial charge in [0, 0.05) is 63.6 Å². The third-order valence-electron chi connectivity index (χ3n) is 14.8. The van der Waals surface area contributed by atoms with Crippen LogP contribution in [0.5, 0.6) is 11.5 Å². The second-order valence-electron chi connectivity index (χ2n) is 20.1. The molecule has 4 heterocycles. The number of aromatic amines is 2. The fraction of sp³-hybridized carbons (Fsp3) is 0.525. The Bertz CT molecular complexity index is 2760. The van der Waals surface area contributed by atoms with Crippen LogP contribution in [0.4, 0.5) is 9.18 Å². The van der Waals surface area contributed by atoms with Gasteiger partial charge in [0.2, 0.25) is 0 Å². The van der Waals surface area contributed by atoms with Gasteiger partial charge in [0.05, 0.1) is 33.0 Å². The second-order valence-corrected chi connectivity index (χ2v) is 20.1. The Labute approximate surface area is 450 Å². The minimum absolute atomic E-state index is 0.0187. The Hall–Kier alpha value is -6.34. The number of nitrogens with zero attached hydrogens (tertiary/aromatic N) is 3. The maximum Gasteiger partial charge on any atom is 0.330 e. The molecule has 18 heteroatoms. The summed E-state index contributed by atoms with van der Waals surface area (Å²) < 4.78 is 55.3. The van der Waals surface area contributed by atoms with Gasteiger partial charge in [-0.1, -0.05) is 151 Å². The maximum absolute atomic E-state index is 15.7. The Morgan fingerprint density at radius 2 is 1.14 bits per heavy atom. The van der Waals surface area contributed by atoms with Gasteiger partial charge in [-0.05, 0) is 47.4 Å². The standard InChI is InChI=1S/C59H78FN6O11/c1-5-6-7-8-9-10-11-12-13-14-15-16-17-18-22-35-64(40-47-38-49(60)54(76-47)65-36-33-51(67)62-57(65)70)56(69)61-39-48-50(77-55(53(48)74-4)66-37-34-52(68)63-58(66)71)41-75-59(42-23-20-19-21-24-42,43-25-29-45(72-2)30-26-43)44-27-31-46(73-3)32-28-44/h19-21,23-34,36-38,47-50,53-55H,5-18,22,35,39-41H2,1-4H3,(H,61,69)(H,62,67,70)(H,63,68,71)/t47-,48-,49-,50-,53-,54-,55-/m1/s1. The molecule has 417 valence electrons. The molecule has 0 bridgehead atoms. The van der Waals surface area contributed by atoms with E-state index in [1.807, 2.05) is 78.9 Å². The molecule has 2 saturated heterocycles. The van der Waals surface area contributed by atoms with Crippen molar-refractivity contribution in [1.82, 2.24) is 29.3 Å². The molecule has 7 atom stereocenters. The molecule has 5 aromatic rings. The molecule has 0 aliphatic carbocycles. The summed E-state index contributed by atoms with van der Waals surface area (Å²) in [6.45, 7) is 2.44. The molecule has 2 amide bonds. The van der Waals surface area contributed by atoms with Crippen molar-refractivity contribution in [1.29, 1.82) is 0 Å². The monoisotopic (exact) mass is 1070 g/mol. The predicted octanol–water partition coefficient (Wildman–Crippen LogP) is 8.96. The molecule has 0 spiro atoms. The maximum atomic E-state index is 15.7. The number of benzene rings is 3. The first kappa shape index (κ1) is 58.3. The van der Waals surface area contributed by atoms with E-state index >= 15 is 4.39 Å². The summed E-state index contributed by atoms with van der Waals surface area (Å²) in [5.74, 6) is 0.649. The van der Waals surface area contributed by atoms with Crippen LogP contribution >= 0.6 is 0 Å². The summed E-state index contributed by atoms with van der Waals surface area (Å²) in [4.78, 5) is 70.9. The summed E-state index contributed by atoms with van der Waals surface area (Å²) in [6.07, 6.45) is 14.9. The molecule has 1 radical (unpaired) electrons. The fourth-order valence-corrected chi connectivity index (χ4v) is 10.6. The third kappa shape index (κ3) is 15.5. The van der Waals surface area contributed by atoms with E-state index in [4.69, 9.17) is 28.4 Å². The van der Waals surface area contributed by atoms with Crippen LogP contribution in [0.15, 0.2) is 123 Å². The number of halogens is 1. The number of hydrogen-bond donors (Lipinski definition) is 3. The second kappa shape index (κ2) is 29.4. The molecule has 2 aliphatic heterocycles. The number of urea groups is 1. The number of rotatable bonds is 31. The Morgan fingerprint density at radius 1 is 0.649 bits per heavy atom. The van der Waals surface area contributed by atoms with Crippen molar-refractivity contribution in [2.75, 3.05) is 47.6 Å². The predicted molar refractivity (Wildman–Crippen MR) is 292 cm³/mol. The molecule has 17 nitrogen and oxygen atoms in total. The number of methoxy groups -OCH3 is 3. The minimum Gasteiger partial charge on any atom is -0.497 e. The normalized spacial score (nSPS) is 20.3. The van der Waals surface area contributed by atoms with E-state index in [1.165, 1.54) is 101 Å². The van der Waals surface area contributed by atoms with Crippen LogP contribution in [0.1, 0.15) is 132 Å². The van der Waals surface area contributed by atoms with E-state index in [2.05, 4.69) is 22.2 Å². The SMILES string of the molecule is CCCCCCCCCCCCCCCCCN(C[C@H]1[CH][C@@H](F)[C@H](n2ccc(=O)[nH]c2=O)O1)C(=O)NC[C@H]1[C@@H](OC)[C@H](n2ccc(=O)[nH]c2=O)O[C@@H]1COC(c1ccccc1)(c1ccc(OC)cc1)c1ccc(OC)cc1. The van der Waals surface area contributed by atoms with Crippen LogP contribution in [-0.4, -0.2) is 102 Å². The number of H-pyrrole nitrogens is 2. The number of unbranched alkanes of at least 4 members (excludes halogenated alkanes) is 14. The highest BCUT2D eigenvalue weighted by molar-refractivity contribution is 5.74. The number of carbonyl (C=O) groups is 1. The Balaban J connectivity index is 1.10. The molecule has 3 aromatic carbocycles. The zero-order chi connectivity index (χ0) is 54.6. The van der Waals surface area contributed by atoms with E-state index in [1.54, 1.807) is 19.1 Å². The Kier molecular flexibility index (Phi) is 22.3. The topological polar surface area (TPSA) is 197 Å². The lowest BCUT2D eigenvalue weighted by Gasteiger charge is -2.37. The van der Waals surface area contributed by atoms with Crippen LogP contribution in [0, 0.1) is 12.3 Å². The van der Waals surface area contributed by atoms with E-state index in [-0.39, 0.29) is 19.7 Å². The average Bonchev–Trinajstić information content (AvgIpc) is 3.99. The molecule has 0 unspecified atom stereocenters. The quantitative estimate of drug-likeness (QED) is 0.0283. The number of alkyl halides is 1. The van der Waals surface area contributed by atoms with Crippen molar-refractivity contribution < 1.29 is 37.6 Å². The van der Waals surface area contributed by atoms with E-state index in [9.17, 15) is 24.0 Å². The fourth-order valence-electron chi connectivity index (χ4n) is 10.6. The van der Waals surface area contributed by atoms with Crippen molar-refractivity contribution in [3.8, 4) is 11.5 Å². The number of ether oxygens (including phenoxy) is 6. The summed E-state index contributed by atoms with van der Waals surface area (Å²) in [6, 6.07) is 26.8. The summed E-state index contributed by atoms with van der Waals surface area (Å²) >= 11 is 0. The van der Waals surface area contributed by atoms with Crippen LogP contribution in [0.2, 0.25) is 0 Å². The minimum atomic E-state index is -1.70. The molecule has 7 rings (SSSR count). The lowest BCUT2D eigenvalue weighted by molar-refractivity contribution is -0.0928. The number of aromatic nitrogens is 4. The zero-order valence-electron chi connectivity index (χ0n) is 45.1. The van der Waals surface area contributed by atoms with Crippen LogP contribution in [0.25, 0.3) is 0 Å².